The van der Waals surface area contributed by atoms with E-state index >= 15 is 0 Å². The number of hydrogen-bond donors (Lipinski definition) is 1. The number of para-hydroxylation sites is 1. The molecule has 1 atom stereocenters. The number of ether oxygens (including phenoxy) is 1. The zero-order valence-corrected chi connectivity index (χ0v) is 10.5. The molecule has 0 aliphatic rings. The van der Waals surface area contributed by atoms with Crippen molar-refractivity contribution in [2.45, 2.75) is 26.0 Å². The lowest BCUT2D eigenvalue weighted by atomic mass is 10.1. The summed E-state index contributed by atoms with van der Waals surface area (Å²) in [5.41, 5.74) is 8.24. The average molecular weight is 232 g/mol. The summed E-state index contributed by atoms with van der Waals surface area (Å²) in [5.74, 6) is 0. The van der Waals surface area contributed by atoms with Gasteiger partial charge >= 0.3 is 0 Å². The van der Waals surface area contributed by atoms with Gasteiger partial charge in [0, 0.05) is 30.8 Å². The Morgan fingerprint density at radius 2 is 2.12 bits per heavy atom. The van der Waals surface area contributed by atoms with Crippen LogP contribution in [0.4, 0.5) is 0 Å². The minimum absolute atomic E-state index is 0.219. The van der Waals surface area contributed by atoms with Crippen LogP contribution in [0.5, 0.6) is 0 Å². The fourth-order valence-electron chi connectivity index (χ4n) is 2.18. The Morgan fingerprint density at radius 1 is 1.35 bits per heavy atom. The van der Waals surface area contributed by atoms with Gasteiger partial charge in [-0.05, 0) is 31.5 Å². The molecule has 0 aliphatic carbocycles. The van der Waals surface area contributed by atoms with Crippen molar-refractivity contribution < 1.29 is 4.74 Å². The summed E-state index contributed by atoms with van der Waals surface area (Å²) in [5, 5.41) is 1.31. The Bertz CT molecular complexity index is 490. The van der Waals surface area contributed by atoms with Crippen molar-refractivity contribution >= 4 is 10.9 Å². The number of rotatable bonds is 5. The number of nitrogens with zero attached hydrogens (tertiary/aromatic N) is 1. The van der Waals surface area contributed by atoms with E-state index in [-0.39, 0.29) is 6.10 Å². The van der Waals surface area contributed by atoms with E-state index in [9.17, 15) is 0 Å². The minimum atomic E-state index is 0.219. The first kappa shape index (κ1) is 12.1. The van der Waals surface area contributed by atoms with Crippen molar-refractivity contribution in [2.75, 3.05) is 13.7 Å². The van der Waals surface area contributed by atoms with Gasteiger partial charge in [0.05, 0.1) is 6.10 Å². The minimum Gasteiger partial charge on any atom is -0.380 e. The van der Waals surface area contributed by atoms with Crippen molar-refractivity contribution in [3.8, 4) is 0 Å². The van der Waals surface area contributed by atoms with Gasteiger partial charge in [0.2, 0.25) is 0 Å². The zero-order valence-electron chi connectivity index (χ0n) is 10.5. The molecular weight excluding hydrogens is 212 g/mol. The molecule has 2 aromatic rings. The van der Waals surface area contributed by atoms with Crippen LogP contribution < -0.4 is 5.73 Å². The molecule has 2 rings (SSSR count). The molecule has 0 aliphatic heterocycles. The second-order valence-corrected chi connectivity index (χ2v) is 4.41. The second kappa shape index (κ2) is 5.34. The van der Waals surface area contributed by atoms with E-state index in [1.807, 2.05) is 0 Å². The van der Waals surface area contributed by atoms with E-state index in [1.54, 1.807) is 7.11 Å². The van der Waals surface area contributed by atoms with Gasteiger partial charge in [-0.25, -0.2) is 0 Å². The lowest BCUT2D eigenvalue weighted by Gasteiger charge is -2.11. The van der Waals surface area contributed by atoms with Crippen molar-refractivity contribution in [1.82, 2.24) is 4.57 Å². The zero-order chi connectivity index (χ0) is 12.3. The van der Waals surface area contributed by atoms with Crippen molar-refractivity contribution in [2.24, 2.45) is 5.73 Å². The Kier molecular flexibility index (Phi) is 3.82. The molecule has 0 fully saturated rings. The van der Waals surface area contributed by atoms with Crippen LogP contribution in [0.1, 0.15) is 12.5 Å². The van der Waals surface area contributed by atoms with E-state index < -0.39 is 0 Å². The summed E-state index contributed by atoms with van der Waals surface area (Å²) in [4.78, 5) is 0. The van der Waals surface area contributed by atoms with Gasteiger partial charge in [-0.1, -0.05) is 18.2 Å². The fraction of sp³-hybridized carbons (Fsp3) is 0.429. The molecule has 0 saturated heterocycles. The maximum Gasteiger partial charge on any atom is 0.0722 e. The van der Waals surface area contributed by atoms with Gasteiger partial charge in [-0.15, -0.1) is 0 Å². The Morgan fingerprint density at radius 3 is 2.82 bits per heavy atom. The first-order valence-corrected chi connectivity index (χ1v) is 6.06. The van der Waals surface area contributed by atoms with Gasteiger partial charge in [-0.2, -0.15) is 0 Å². The van der Waals surface area contributed by atoms with E-state index in [2.05, 4.69) is 42.0 Å². The molecule has 92 valence electrons. The van der Waals surface area contributed by atoms with Gasteiger partial charge < -0.3 is 15.0 Å². The summed E-state index contributed by atoms with van der Waals surface area (Å²) in [6.45, 7) is 3.65. The Hall–Kier alpha value is -1.32. The highest BCUT2D eigenvalue weighted by Gasteiger charge is 2.09. The summed E-state index contributed by atoms with van der Waals surface area (Å²) in [6.07, 6.45) is 3.35. The van der Waals surface area contributed by atoms with Gasteiger partial charge in [-0.3, -0.25) is 0 Å². The van der Waals surface area contributed by atoms with Crippen LogP contribution in [0, 0.1) is 0 Å². The second-order valence-electron chi connectivity index (χ2n) is 4.41. The predicted octanol–water partition coefficient (Wildman–Crippen LogP) is 2.18. The normalized spacial score (nSPS) is 13.1. The van der Waals surface area contributed by atoms with Crippen LogP contribution in [0.2, 0.25) is 0 Å². The van der Waals surface area contributed by atoms with Crippen LogP contribution in [0.15, 0.2) is 30.5 Å². The highest BCUT2D eigenvalue weighted by molar-refractivity contribution is 5.84. The maximum absolute atomic E-state index is 5.65. The highest BCUT2D eigenvalue weighted by Crippen LogP contribution is 2.22. The molecule has 17 heavy (non-hydrogen) atoms. The first-order valence-electron chi connectivity index (χ1n) is 6.06. The van der Waals surface area contributed by atoms with E-state index in [1.165, 1.54) is 16.5 Å². The van der Waals surface area contributed by atoms with E-state index in [0.717, 1.165) is 13.0 Å². The molecule has 2 N–H and O–H groups in total. The fourth-order valence-corrected chi connectivity index (χ4v) is 2.18. The van der Waals surface area contributed by atoms with Crippen LogP contribution in [-0.2, 0) is 17.7 Å². The van der Waals surface area contributed by atoms with Crippen LogP contribution in [-0.4, -0.2) is 24.3 Å². The third kappa shape index (κ3) is 2.51. The molecule has 0 amide bonds. The molecule has 0 radical (unpaired) electrons. The topological polar surface area (TPSA) is 40.2 Å². The maximum atomic E-state index is 5.65. The van der Waals surface area contributed by atoms with Gasteiger partial charge in [0.25, 0.3) is 0 Å². The lowest BCUT2D eigenvalue weighted by Crippen LogP contribution is -2.13. The summed E-state index contributed by atoms with van der Waals surface area (Å²) in [7, 11) is 1.75. The molecule has 1 unspecified atom stereocenters. The number of nitrogens with two attached hydrogens (primary N) is 1. The van der Waals surface area contributed by atoms with E-state index in [4.69, 9.17) is 10.5 Å². The smallest absolute Gasteiger partial charge is 0.0722 e. The third-order valence-electron chi connectivity index (χ3n) is 3.14. The Labute approximate surface area is 102 Å². The molecule has 1 aromatic carbocycles. The SMILES string of the molecule is COC(C)Cn1cc(CCN)c2ccccc21. The molecule has 3 heteroatoms. The average Bonchev–Trinajstić information content (AvgIpc) is 2.69. The van der Waals surface area contributed by atoms with Crippen molar-refractivity contribution in [3.63, 3.8) is 0 Å². The number of methoxy groups -OCH3 is 1. The highest BCUT2D eigenvalue weighted by atomic mass is 16.5. The van der Waals surface area contributed by atoms with Crippen molar-refractivity contribution in [3.05, 3.63) is 36.0 Å². The predicted molar refractivity (Wildman–Crippen MR) is 71.2 cm³/mol. The van der Waals surface area contributed by atoms with Crippen LogP contribution in [0.3, 0.4) is 0 Å². The molecule has 0 saturated carbocycles. The molecule has 3 nitrogen and oxygen atoms in total. The van der Waals surface area contributed by atoms with E-state index in [0.29, 0.717) is 6.54 Å². The standard InChI is InChI=1S/C14H20N2O/c1-11(17-2)9-16-10-12(7-8-15)13-5-3-4-6-14(13)16/h3-6,10-11H,7-9,15H2,1-2H3. The number of fused-ring (bicyclic) bond motifs is 1. The molecular formula is C14H20N2O. The van der Waals surface area contributed by atoms with Gasteiger partial charge in [0.15, 0.2) is 0 Å². The number of aromatic nitrogens is 1. The lowest BCUT2D eigenvalue weighted by molar-refractivity contribution is 0.104. The molecule has 0 bridgehead atoms. The largest absolute Gasteiger partial charge is 0.380 e. The third-order valence-corrected chi connectivity index (χ3v) is 3.14. The van der Waals surface area contributed by atoms with Crippen LogP contribution in [0.25, 0.3) is 10.9 Å². The van der Waals surface area contributed by atoms with Crippen LogP contribution >= 0.6 is 0 Å². The Balaban J connectivity index is 2.41. The molecule has 1 aromatic heterocycles. The molecule has 1 heterocycles. The van der Waals surface area contributed by atoms with Crippen molar-refractivity contribution in [1.29, 1.82) is 0 Å². The number of benzene rings is 1. The summed E-state index contributed by atoms with van der Waals surface area (Å²) in [6, 6.07) is 8.46. The van der Waals surface area contributed by atoms with Gasteiger partial charge in [0.1, 0.15) is 0 Å². The first-order chi connectivity index (χ1) is 8.26. The quantitative estimate of drug-likeness (QED) is 0.858. The summed E-state index contributed by atoms with van der Waals surface area (Å²) < 4.78 is 7.59. The molecule has 0 spiro atoms. The number of hydrogen-bond acceptors (Lipinski definition) is 2. The monoisotopic (exact) mass is 232 g/mol. The summed E-state index contributed by atoms with van der Waals surface area (Å²) >= 11 is 0.